The molecule has 3 rings (SSSR count). The number of rotatable bonds is 5. The predicted octanol–water partition coefficient (Wildman–Crippen LogP) is 2.31. The van der Waals surface area contributed by atoms with Crippen molar-refractivity contribution >= 4 is 0 Å². The molecule has 122 valence electrons. The Balaban J connectivity index is 1.41. The summed E-state index contributed by atoms with van der Waals surface area (Å²) in [6, 6.07) is 0.524. The molecule has 0 radical (unpaired) electrons. The highest BCUT2D eigenvalue weighted by Gasteiger charge is 2.24. The molecule has 2 aliphatic heterocycles. The first-order chi connectivity index (χ1) is 10.8. The first-order valence-corrected chi connectivity index (χ1v) is 8.61. The molecule has 0 aromatic carbocycles. The highest BCUT2D eigenvalue weighted by Crippen LogP contribution is 2.20. The first-order valence-electron chi connectivity index (χ1n) is 8.61. The van der Waals surface area contributed by atoms with Crippen LogP contribution in [0, 0.1) is 5.92 Å². The van der Waals surface area contributed by atoms with Gasteiger partial charge in [0, 0.05) is 38.6 Å². The average Bonchev–Trinajstić information content (AvgIpc) is 2.58. The monoisotopic (exact) mass is 305 g/mol. The summed E-state index contributed by atoms with van der Waals surface area (Å²) in [5, 5.41) is 0. The van der Waals surface area contributed by atoms with Gasteiger partial charge in [-0.2, -0.15) is 0 Å². The Morgan fingerprint density at radius 3 is 2.64 bits per heavy atom. The molecule has 0 N–H and O–H groups in total. The van der Waals surface area contributed by atoms with E-state index in [4.69, 9.17) is 9.47 Å². The van der Waals surface area contributed by atoms with Gasteiger partial charge in [0.25, 0.3) is 0 Å². The van der Waals surface area contributed by atoms with E-state index in [2.05, 4.69) is 21.8 Å². The molecule has 5 nitrogen and oxygen atoms in total. The van der Waals surface area contributed by atoms with Gasteiger partial charge in [0.15, 0.2) is 0 Å². The van der Waals surface area contributed by atoms with E-state index in [0.717, 1.165) is 57.0 Å². The maximum absolute atomic E-state index is 5.92. The van der Waals surface area contributed by atoms with Gasteiger partial charge in [0.05, 0.1) is 6.61 Å². The molecule has 3 heterocycles. The van der Waals surface area contributed by atoms with Crippen LogP contribution in [-0.4, -0.2) is 53.8 Å². The summed E-state index contributed by atoms with van der Waals surface area (Å²) in [6.45, 7) is 7.38. The van der Waals surface area contributed by atoms with Crippen LogP contribution in [0.25, 0.3) is 0 Å². The van der Waals surface area contributed by atoms with Crippen LogP contribution < -0.4 is 4.74 Å². The molecule has 5 heteroatoms. The summed E-state index contributed by atoms with van der Waals surface area (Å²) >= 11 is 0. The number of hydrogen-bond acceptors (Lipinski definition) is 5. The quantitative estimate of drug-likeness (QED) is 0.835. The number of hydrogen-bond donors (Lipinski definition) is 0. The third kappa shape index (κ3) is 4.40. The Morgan fingerprint density at radius 1 is 1.23 bits per heavy atom. The fourth-order valence-corrected chi connectivity index (χ4v) is 3.26. The second kappa shape index (κ2) is 7.88. The number of piperidine rings is 1. The second-order valence-electron chi connectivity index (χ2n) is 6.43. The maximum atomic E-state index is 5.92. The van der Waals surface area contributed by atoms with Crippen LogP contribution >= 0.6 is 0 Å². The van der Waals surface area contributed by atoms with E-state index in [-0.39, 0.29) is 6.10 Å². The van der Waals surface area contributed by atoms with Gasteiger partial charge in [0.2, 0.25) is 0 Å². The third-order valence-corrected chi connectivity index (χ3v) is 4.67. The molecular formula is C17H27N3O2. The van der Waals surface area contributed by atoms with Gasteiger partial charge in [0.1, 0.15) is 6.10 Å². The molecule has 0 amide bonds. The normalized spacial score (nSPS) is 24.3. The zero-order valence-electron chi connectivity index (χ0n) is 13.5. The zero-order valence-corrected chi connectivity index (χ0v) is 13.5. The van der Waals surface area contributed by atoms with E-state index in [1.54, 1.807) is 0 Å². The number of aryl methyl sites for hydroxylation is 1. The van der Waals surface area contributed by atoms with E-state index >= 15 is 0 Å². The molecule has 2 saturated heterocycles. The van der Waals surface area contributed by atoms with E-state index in [9.17, 15) is 0 Å². The van der Waals surface area contributed by atoms with Crippen LogP contribution in [0.1, 0.15) is 38.2 Å². The van der Waals surface area contributed by atoms with E-state index in [1.165, 1.54) is 19.4 Å². The lowest BCUT2D eigenvalue weighted by molar-refractivity contribution is 0.0251. The van der Waals surface area contributed by atoms with Gasteiger partial charge in [-0.3, -0.25) is 0 Å². The smallest absolute Gasteiger partial charge is 0.316 e. The molecule has 0 bridgehead atoms. The molecule has 0 saturated carbocycles. The van der Waals surface area contributed by atoms with Crippen LogP contribution in [-0.2, 0) is 11.2 Å². The van der Waals surface area contributed by atoms with Crippen molar-refractivity contribution in [1.82, 2.24) is 14.9 Å². The number of likely N-dealkylation sites (tertiary alicyclic amines) is 1. The minimum atomic E-state index is 0.256. The maximum Gasteiger partial charge on any atom is 0.316 e. The number of nitrogens with zero attached hydrogens (tertiary/aromatic N) is 3. The second-order valence-corrected chi connectivity index (χ2v) is 6.43. The Hall–Kier alpha value is -1.20. The Morgan fingerprint density at radius 2 is 2.00 bits per heavy atom. The molecule has 1 unspecified atom stereocenters. The largest absolute Gasteiger partial charge is 0.460 e. The summed E-state index contributed by atoms with van der Waals surface area (Å²) in [5.41, 5.74) is 1.15. The van der Waals surface area contributed by atoms with Crippen LogP contribution in [0.3, 0.4) is 0 Å². The molecule has 22 heavy (non-hydrogen) atoms. The fraction of sp³-hybridized carbons (Fsp3) is 0.765. The molecule has 1 atom stereocenters. The molecule has 2 aliphatic rings. The summed E-state index contributed by atoms with van der Waals surface area (Å²) in [6.07, 6.45) is 9.60. The predicted molar refractivity (Wildman–Crippen MR) is 85.0 cm³/mol. The highest BCUT2D eigenvalue weighted by atomic mass is 16.5. The molecule has 1 aromatic rings. The van der Waals surface area contributed by atoms with Crippen molar-refractivity contribution in [2.45, 2.75) is 45.1 Å². The van der Waals surface area contributed by atoms with Gasteiger partial charge in [-0.1, -0.05) is 6.92 Å². The van der Waals surface area contributed by atoms with Gasteiger partial charge in [-0.05, 0) is 43.6 Å². The molecule has 0 aliphatic carbocycles. The highest BCUT2D eigenvalue weighted by molar-refractivity contribution is 5.07. The van der Waals surface area contributed by atoms with Gasteiger partial charge in [-0.15, -0.1) is 0 Å². The Bertz CT molecular complexity index is 438. The van der Waals surface area contributed by atoms with Gasteiger partial charge >= 0.3 is 6.01 Å². The Kier molecular flexibility index (Phi) is 5.62. The van der Waals surface area contributed by atoms with Crippen molar-refractivity contribution < 1.29 is 9.47 Å². The summed E-state index contributed by atoms with van der Waals surface area (Å²) in [4.78, 5) is 11.1. The van der Waals surface area contributed by atoms with Crippen LogP contribution in [0.2, 0.25) is 0 Å². The van der Waals surface area contributed by atoms with Crippen LogP contribution in [0.15, 0.2) is 12.4 Å². The summed E-state index contributed by atoms with van der Waals surface area (Å²) in [7, 11) is 0. The summed E-state index contributed by atoms with van der Waals surface area (Å²) in [5.74, 6) is 0.719. The van der Waals surface area contributed by atoms with E-state index in [0.29, 0.717) is 6.01 Å². The van der Waals surface area contributed by atoms with Crippen LogP contribution in [0.4, 0.5) is 0 Å². The SMILES string of the molecule is CCc1cnc(OC2CCN(CC3CCCOC3)CC2)nc1. The van der Waals surface area contributed by atoms with Gasteiger partial charge in [-0.25, -0.2) is 9.97 Å². The average molecular weight is 305 g/mol. The zero-order chi connectivity index (χ0) is 15.2. The minimum absolute atomic E-state index is 0.256. The minimum Gasteiger partial charge on any atom is -0.460 e. The van der Waals surface area contributed by atoms with Crippen molar-refractivity contribution in [2.24, 2.45) is 5.92 Å². The van der Waals surface area contributed by atoms with Crippen LogP contribution in [0.5, 0.6) is 6.01 Å². The Labute approximate surface area is 133 Å². The number of ether oxygens (including phenoxy) is 2. The lowest BCUT2D eigenvalue weighted by Gasteiger charge is -2.34. The van der Waals surface area contributed by atoms with Crippen molar-refractivity contribution in [3.63, 3.8) is 0 Å². The van der Waals surface area contributed by atoms with E-state index < -0.39 is 0 Å². The molecule has 1 aromatic heterocycles. The molecular weight excluding hydrogens is 278 g/mol. The fourth-order valence-electron chi connectivity index (χ4n) is 3.26. The number of aromatic nitrogens is 2. The van der Waals surface area contributed by atoms with Crippen molar-refractivity contribution in [2.75, 3.05) is 32.8 Å². The topological polar surface area (TPSA) is 47.5 Å². The molecule has 0 spiro atoms. The van der Waals surface area contributed by atoms with E-state index in [1.807, 2.05) is 12.4 Å². The lowest BCUT2D eigenvalue weighted by atomic mass is 9.99. The summed E-state index contributed by atoms with van der Waals surface area (Å²) < 4.78 is 11.5. The third-order valence-electron chi connectivity index (χ3n) is 4.67. The molecule has 2 fully saturated rings. The standard InChI is InChI=1S/C17H27N3O2/c1-2-14-10-18-17(19-11-14)22-16-5-7-20(8-6-16)12-15-4-3-9-21-13-15/h10-11,15-16H,2-9,12-13H2,1H3. The first kappa shape index (κ1) is 15.7. The van der Waals surface area contributed by atoms with Crippen molar-refractivity contribution in [3.05, 3.63) is 18.0 Å². The van der Waals surface area contributed by atoms with Crippen molar-refractivity contribution in [3.8, 4) is 6.01 Å². The van der Waals surface area contributed by atoms with Gasteiger partial charge < -0.3 is 14.4 Å². The van der Waals surface area contributed by atoms with Crippen molar-refractivity contribution in [1.29, 1.82) is 0 Å². The lowest BCUT2D eigenvalue weighted by Crippen LogP contribution is -2.42.